The van der Waals surface area contributed by atoms with Crippen molar-refractivity contribution in [2.24, 2.45) is 0 Å². The highest BCUT2D eigenvalue weighted by atomic mass is 15.3. The van der Waals surface area contributed by atoms with Crippen LogP contribution in [0.3, 0.4) is 0 Å². The van der Waals surface area contributed by atoms with Crippen LogP contribution >= 0.6 is 0 Å². The largest absolute Gasteiger partial charge is 0.298 e. The van der Waals surface area contributed by atoms with Gasteiger partial charge in [0, 0.05) is 6.07 Å². The molecule has 28 heavy (non-hydrogen) atoms. The third-order valence-electron chi connectivity index (χ3n) is 5.12. The quantitative estimate of drug-likeness (QED) is 0.346. The van der Waals surface area contributed by atoms with Gasteiger partial charge in [-0.05, 0) is 51.6 Å². The van der Waals surface area contributed by atoms with Gasteiger partial charge in [-0.2, -0.15) is 0 Å². The Hall–Kier alpha value is -3.16. The number of benzene rings is 4. The van der Waals surface area contributed by atoms with E-state index in [9.17, 15) is 0 Å². The molecule has 0 spiro atoms. The molecule has 0 fully saturated rings. The average Bonchev–Trinajstić information content (AvgIpc) is 2.74. The van der Waals surface area contributed by atoms with E-state index in [4.69, 9.17) is 0 Å². The summed E-state index contributed by atoms with van der Waals surface area (Å²) in [6.07, 6.45) is 0. The minimum atomic E-state index is 0.812. The molecule has 4 aromatic carbocycles. The molecule has 1 heteroatoms. The predicted molar refractivity (Wildman–Crippen MR) is 122 cm³/mol. The maximum atomic E-state index is 2.29. The first kappa shape index (κ1) is 18.2. The fourth-order valence-corrected chi connectivity index (χ4v) is 3.49. The Morgan fingerprint density at radius 1 is 0.393 bits per heavy atom. The summed E-state index contributed by atoms with van der Waals surface area (Å²) in [6.45, 7) is 0. The predicted octanol–water partition coefficient (Wildman–Crippen LogP) is 6.88. The Kier molecular flexibility index (Phi) is 4.85. The fraction of sp³-hybridized carbons (Fsp3) is 0.111. The van der Waals surface area contributed by atoms with Crippen LogP contribution in [0.2, 0.25) is 0 Å². The summed E-state index contributed by atoms with van der Waals surface area (Å²) in [7, 11) is 6.60. The van der Waals surface area contributed by atoms with E-state index in [1.54, 1.807) is 0 Å². The highest BCUT2D eigenvalue weighted by Crippen LogP contribution is 2.31. The maximum Gasteiger partial charge on any atom is 0.132 e. The van der Waals surface area contributed by atoms with Gasteiger partial charge < -0.3 is 0 Å². The van der Waals surface area contributed by atoms with E-state index >= 15 is 0 Å². The Labute approximate surface area is 168 Å². The molecule has 4 rings (SSSR count). The second-order valence-corrected chi connectivity index (χ2v) is 8.09. The lowest BCUT2D eigenvalue weighted by Crippen LogP contribution is -2.34. The molecule has 0 amide bonds. The SMILES string of the molecule is C[N+](C)(C)c1cccc(-c2cccc(-c3cccc(-c4ccccc4)c3)c2)c1. The van der Waals surface area contributed by atoms with Crippen LogP contribution in [0.4, 0.5) is 5.69 Å². The summed E-state index contributed by atoms with van der Waals surface area (Å²) >= 11 is 0. The topological polar surface area (TPSA) is 0 Å². The van der Waals surface area contributed by atoms with Crippen LogP contribution in [-0.4, -0.2) is 21.1 Å². The van der Waals surface area contributed by atoms with Crippen LogP contribution in [-0.2, 0) is 0 Å². The lowest BCUT2D eigenvalue weighted by molar-refractivity contribution is 0.486. The minimum Gasteiger partial charge on any atom is -0.298 e. The Morgan fingerprint density at radius 2 is 0.786 bits per heavy atom. The van der Waals surface area contributed by atoms with Gasteiger partial charge in [-0.3, -0.25) is 4.48 Å². The summed E-state index contributed by atoms with van der Waals surface area (Å²) in [5.41, 5.74) is 8.78. The van der Waals surface area contributed by atoms with Crippen molar-refractivity contribution in [3.8, 4) is 33.4 Å². The van der Waals surface area contributed by atoms with E-state index in [1.165, 1.54) is 39.1 Å². The maximum absolute atomic E-state index is 2.29. The Morgan fingerprint density at radius 3 is 1.29 bits per heavy atom. The van der Waals surface area contributed by atoms with E-state index in [1.807, 2.05) is 0 Å². The highest BCUT2D eigenvalue weighted by molar-refractivity contribution is 5.77. The minimum absolute atomic E-state index is 0.812. The summed E-state index contributed by atoms with van der Waals surface area (Å²) in [5.74, 6) is 0. The van der Waals surface area contributed by atoms with E-state index < -0.39 is 0 Å². The molecule has 0 aliphatic heterocycles. The molecule has 0 heterocycles. The fourth-order valence-electron chi connectivity index (χ4n) is 3.49. The molecule has 0 aromatic heterocycles. The van der Waals surface area contributed by atoms with E-state index in [2.05, 4.69) is 124 Å². The van der Waals surface area contributed by atoms with Crippen LogP contribution in [0.25, 0.3) is 33.4 Å². The summed E-state index contributed by atoms with van der Waals surface area (Å²) in [4.78, 5) is 0. The van der Waals surface area contributed by atoms with Crippen molar-refractivity contribution in [1.29, 1.82) is 0 Å². The number of rotatable bonds is 4. The van der Waals surface area contributed by atoms with Crippen LogP contribution in [0.15, 0.2) is 103 Å². The van der Waals surface area contributed by atoms with Gasteiger partial charge in [0.15, 0.2) is 0 Å². The number of quaternary nitrogens is 1. The third-order valence-corrected chi connectivity index (χ3v) is 5.12. The number of hydrogen-bond donors (Lipinski definition) is 0. The highest BCUT2D eigenvalue weighted by Gasteiger charge is 2.13. The second-order valence-electron chi connectivity index (χ2n) is 8.09. The molecule has 0 saturated heterocycles. The molecule has 0 bridgehead atoms. The van der Waals surface area contributed by atoms with Crippen molar-refractivity contribution in [2.45, 2.75) is 0 Å². The standard InChI is InChI=1S/C27H26N/c1-28(2,3)27-17-9-16-26(20-27)25-15-8-14-24(19-25)23-13-7-12-22(18-23)21-10-5-4-6-11-21/h4-20H,1-3H3/q+1. The molecule has 4 aromatic rings. The van der Waals surface area contributed by atoms with Gasteiger partial charge in [0.05, 0.1) is 21.1 Å². The molecular weight excluding hydrogens is 338 g/mol. The van der Waals surface area contributed by atoms with Gasteiger partial charge in [-0.1, -0.05) is 78.9 Å². The van der Waals surface area contributed by atoms with Gasteiger partial charge in [0.1, 0.15) is 5.69 Å². The molecule has 0 aliphatic carbocycles. The monoisotopic (exact) mass is 364 g/mol. The van der Waals surface area contributed by atoms with Crippen LogP contribution in [0, 0.1) is 0 Å². The van der Waals surface area contributed by atoms with Gasteiger partial charge in [0.25, 0.3) is 0 Å². The smallest absolute Gasteiger partial charge is 0.132 e. The molecule has 1 nitrogen and oxygen atoms in total. The normalized spacial score (nSPS) is 11.4. The first-order chi connectivity index (χ1) is 13.5. The van der Waals surface area contributed by atoms with Crippen LogP contribution < -0.4 is 4.48 Å². The molecular formula is C27H26N+. The van der Waals surface area contributed by atoms with Crippen molar-refractivity contribution < 1.29 is 0 Å². The van der Waals surface area contributed by atoms with Gasteiger partial charge in [0.2, 0.25) is 0 Å². The molecule has 0 N–H and O–H groups in total. The van der Waals surface area contributed by atoms with Gasteiger partial charge >= 0.3 is 0 Å². The zero-order valence-corrected chi connectivity index (χ0v) is 16.8. The first-order valence-electron chi connectivity index (χ1n) is 9.69. The second kappa shape index (κ2) is 7.46. The van der Waals surface area contributed by atoms with Crippen LogP contribution in [0.1, 0.15) is 0 Å². The van der Waals surface area contributed by atoms with E-state index in [0.717, 1.165) is 4.48 Å². The molecule has 0 aliphatic rings. The number of hydrogen-bond acceptors (Lipinski definition) is 0. The molecule has 0 saturated carbocycles. The van der Waals surface area contributed by atoms with Gasteiger partial charge in [-0.15, -0.1) is 0 Å². The molecule has 0 unspecified atom stereocenters. The van der Waals surface area contributed by atoms with Crippen molar-refractivity contribution >= 4 is 5.69 Å². The van der Waals surface area contributed by atoms with Crippen molar-refractivity contribution in [3.63, 3.8) is 0 Å². The summed E-state index contributed by atoms with van der Waals surface area (Å²) in [6, 6.07) is 37.0. The van der Waals surface area contributed by atoms with Crippen molar-refractivity contribution in [2.75, 3.05) is 21.1 Å². The van der Waals surface area contributed by atoms with E-state index in [-0.39, 0.29) is 0 Å². The molecule has 138 valence electrons. The summed E-state index contributed by atoms with van der Waals surface area (Å²) in [5, 5.41) is 0. The zero-order valence-electron chi connectivity index (χ0n) is 16.8. The van der Waals surface area contributed by atoms with Crippen molar-refractivity contribution in [1.82, 2.24) is 4.48 Å². The number of nitrogens with zero attached hydrogens (tertiary/aromatic N) is 1. The third kappa shape index (κ3) is 3.90. The molecule has 0 atom stereocenters. The van der Waals surface area contributed by atoms with Crippen molar-refractivity contribution in [3.05, 3.63) is 103 Å². The summed E-state index contributed by atoms with van der Waals surface area (Å²) < 4.78 is 0.812. The van der Waals surface area contributed by atoms with E-state index in [0.29, 0.717) is 0 Å². The van der Waals surface area contributed by atoms with Crippen LogP contribution in [0.5, 0.6) is 0 Å². The Balaban J connectivity index is 1.73. The lowest BCUT2D eigenvalue weighted by Gasteiger charge is -2.23. The molecule has 0 radical (unpaired) electrons. The van der Waals surface area contributed by atoms with Gasteiger partial charge in [-0.25, -0.2) is 0 Å². The average molecular weight is 365 g/mol. The first-order valence-corrected chi connectivity index (χ1v) is 9.69. The lowest BCUT2D eigenvalue weighted by atomic mass is 9.96. The Bertz CT molecular complexity index is 1090. The zero-order chi connectivity index (χ0) is 19.6.